The van der Waals surface area contributed by atoms with Crippen LogP contribution >= 0.6 is 0 Å². The highest BCUT2D eigenvalue weighted by atomic mass is 16.2. The Morgan fingerprint density at radius 2 is 1.65 bits per heavy atom. The van der Waals surface area contributed by atoms with E-state index in [2.05, 4.69) is 63.3 Å². The molecule has 1 aliphatic rings. The molecule has 5 nitrogen and oxygen atoms in total. The molecule has 0 bridgehead atoms. The molecule has 1 fully saturated rings. The van der Waals surface area contributed by atoms with E-state index in [-0.39, 0.29) is 6.03 Å². The largest absolute Gasteiger partial charge is 0.338 e. The molecule has 178 valence electrons. The maximum absolute atomic E-state index is 12.6. The number of nitrogens with one attached hydrogen (secondary N) is 3. The second kappa shape index (κ2) is 12.9. The van der Waals surface area contributed by atoms with E-state index < -0.39 is 0 Å². The molecule has 0 aromatic heterocycles. The second-order valence-electron chi connectivity index (χ2n) is 8.98. The van der Waals surface area contributed by atoms with Gasteiger partial charge in [-0.05, 0) is 56.0 Å². The number of para-hydroxylation sites is 1. The van der Waals surface area contributed by atoms with E-state index in [1.165, 1.54) is 18.4 Å². The van der Waals surface area contributed by atoms with Crippen LogP contribution in [0.25, 0.3) is 11.1 Å². The van der Waals surface area contributed by atoms with Crippen molar-refractivity contribution in [2.75, 3.05) is 38.0 Å². The average molecular weight is 457 g/mol. The summed E-state index contributed by atoms with van der Waals surface area (Å²) in [5.74, 6) is 0. The molecule has 0 unspecified atom stereocenters. The fourth-order valence-electron chi connectivity index (χ4n) is 4.58. The summed E-state index contributed by atoms with van der Waals surface area (Å²) in [6.45, 7) is 4.87. The predicted molar refractivity (Wildman–Crippen MR) is 141 cm³/mol. The lowest BCUT2D eigenvalue weighted by molar-refractivity contribution is 0.241. The summed E-state index contributed by atoms with van der Waals surface area (Å²) in [4.78, 5) is 15.1. The number of carbonyl (C=O) groups is 1. The third-order valence-corrected chi connectivity index (χ3v) is 6.40. The molecular formula is C29H36N4O. The molecule has 1 saturated heterocycles. The van der Waals surface area contributed by atoms with E-state index in [1.807, 2.05) is 42.5 Å². The number of anilines is 1. The van der Waals surface area contributed by atoms with Crippen LogP contribution in [0.15, 0.2) is 84.9 Å². The van der Waals surface area contributed by atoms with Crippen LogP contribution in [0, 0.1) is 0 Å². The number of carbonyl (C=O) groups excluding carboxylic acids is 1. The fraction of sp³-hybridized carbons (Fsp3) is 0.345. The van der Waals surface area contributed by atoms with Gasteiger partial charge in [0.1, 0.15) is 0 Å². The molecule has 3 aromatic rings. The van der Waals surface area contributed by atoms with Crippen molar-refractivity contribution < 1.29 is 4.79 Å². The molecule has 0 aliphatic carbocycles. The van der Waals surface area contributed by atoms with Gasteiger partial charge in [-0.25, -0.2) is 4.79 Å². The Balaban J connectivity index is 1.24. The lowest BCUT2D eigenvalue weighted by atomic mass is 10.0. The van der Waals surface area contributed by atoms with E-state index in [0.717, 1.165) is 55.8 Å². The zero-order valence-corrected chi connectivity index (χ0v) is 19.9. The van der Waals surface area contributed by atoms with Crippen molar-refractivity contribution >= 4 is 11.7 Å². The highest BCUT2D eigenvalue weighted by Gasteiger charge is 2.17. The lowest BCUT2D eigenvalue weighted by Crippen LogP contribution is -2.40. The van der Waals surface area contributed by atoms with Gasteiger partial charge in [0.2, 0.25) is 0 Å². The fourth-order valence-corrected chi connectivity index (χ4v) is 4.58. The van der Waals surface area contributed by atoms with Gasteiger partial charge in [0.15, 0.2) is 0 Å². The number of benzene rings is 3. The van der Waals surface area contributed by atoms with Crippen molar-refractivity contribution in [3.8, 4) is 11.1 Å². The van der Waals surface area contributed by atoms with Gasteiger partial charge in [-0.1, -0.05) is 78.9 Å². The van der Waals surface area contributed by atoms with Crippen molar-refractivity contribution in [2.45, 2.75) is 31.7 Å². The van der Waals surface area contributed by atoms with Crippen molar-refractivity contribution in [3.05, 3.63) is 90.5 Å². The van der Waals surface area contributed by atoms with E-state index in [1.54, 1.807) is 0 Å². The van der Waals surface area contributed by atoms with Crippen molar-refractivity contribution in [1.82, 2.24) is 15.5 Å². The highest BCUT2D eigenvalue weighted by molar-refractivity contribution is 5.94. The second-order valence-corrected chi connectivity index (χ2v) is 8.98. The SMILES string of the molecule is O=C(NCCCN(CCc1ccccc1)C[C@@H]1CCCN1)Nc1ccccc1-c1ccccc1. The van der Waals surface area contributed by atoms with E-state index in [4.69, 9.17) is 0 Å². The lowest BCUT2D eigenvalue weighted by Gasteiger charge is -2.26. The summed E-state index contributed by atoms with van der Waals surface area (Å²) in [6.07, 6.45) is 4.50. The van der Waals surface area contributed by atoms with Gasteiger partial charge in [0.25, 0.3) is 0 Å². The Hall–Kier alpha value is -3.15. The maximum atomic E-state index is 12.6. The number of hydrogen-bond donors (Lipinski definition) is 3. The number of amides is 2. The number of rotatable bonds is 11. The van der Waals surface area contributed by atoms with Gasteiger partial charge in [0.05, 0.1) is 5.69 Å². The maximum Gasteiger partial charge on any atom is 0.319 e. The summed E-state index contributed by atoms with van der Waals surface area (Å²) in [5.41, 5.74) is 4.31. The Morgan fingerprint density at radius 3 is 2.41 bits per heavy atom. The molecule has 1 aliphatic heterocycles. The Kier molecular flexibility index (Phi) is 9.12. The standard InChI is InChI=1S/C29H36N4O/c34-29(32-28-17-8-7-16-27(28)25-13-5-2-6-14-25)31-20-10-21-33(23-26-15-9-19-30-26)22-18-24-11-3-1-4-12-24/h1-8,11-14,16-17,26,30H,9-10,15,18-23H2,(H2,31,32,34)/t26-/m0/s1. The predicted octanol–water partition coefficient (Wildman–Crippen LogP) is 5.16. The van der Waals surface area contributed by atoms with Gasteiger partial charge in [0, 0.05) is 31.2 Å². The Morgan fingerprint density at radius 1 is 0.912 bits per heavy atom. The minimum Gasteiger partial charge on any atom is -0.338 e. The molecule has 3 aromatic carbocycles. The number of hydrogen-bond acceptors (Lipinski definition) is 3. The smallest absolute Gasteiger partial charge is 0.319 e. The molecule has 5 heteroatoms. The molecule has 1 atom stereocenters. The van der Waals surface area contributed by atoms with Gasteiger partial charge in [-0.3, -0.25) is 0 Å². The van der Waals surface area contributed by atoms with Gasteiger partial charge >= 0.3 is 6.03 Å². The summed E-state index contributed by atoms with van der Waals surface area (Å²) >= 11 is 0. The zero-order valence-electron chi connectivity index (χ0n) is 19.9. The summed E-state index contributed by atoms with van der Waals surface area (Å²) < 4.78 is 0. The van der Waals surface area contributed by atoms with Crippen LogP contribution < -0.4 is 16.0 Å². The molecule has 2 amide bonds. The Bertz CT molecular complexity index is 1000. The van der Waals surface area contributed by atoms with Gasteiger partial charge in [-0.15, -0.1) is 0 Å². The molecule has 34 heavy (non-hydrogen) atoms. The molecule has 3 N–H and O–H groups in total. The number of urea groups is 1. The molecule has 1 heterocycles. The Labute approximate surface area is 203 Å². The summed E-state index contributed by atoms with van der Waals surface area (Å²) in [5, 5.41) is 9.69. The molecule has 0 spiro atoms. The molecule has 0 saturated carbocycles. The average Bonchev–Trinajstić information content (AvgIpc) is 3.39. The minimum absolute atomic E-state index is 0.156. The van der Waals surface area contributed by atoms with E-state index >= 15 is 0 Å². The highest BCUT2D eigenvalue weighted by Crippen LogP contribution is 2.27. The van der Waals surface area contributed by atoms with Crippen molar-refractivity contribution in [2.24, 2.45) is 0 Å². The monoisotopic (exact) mass is 456 g/mol. The third kappa shape index (κ3) is 7.44. The zero-order chi connectivity index (χ0) is 23.4. The topological polar surface area (TPSA) is 56.4 Å². The third-order valence-electron chi connectivity index (χ3n) is 6.40. The first-order valence-electron chi connectivity index (χ1n) is 12.5. The molecule has 4 rings (SSSR count). The minimum atomic E-state index is -0.156. The van der Waals surface area contributed by atoms with Crippen LogP contribution in [0.1, 0.15) is 24.8 Å². The van der Waals surface area contributed by atoms with Crippen LogP contribution in [0.2, 0.25) is 0 Å². The molecule has 0 radical (unpaired) electrons. The van der Waals surface area contributed by atoms with Crippen molar-refractivity contribution in [1.29, 1.82) is 0 Å². The van der Waals surface area contributed by atoms with E-state index in [0.29, 0.717) is 12.6 Å². The molecular weight excluding hydrogens is 420 g/mol. The first-order chi connectivity index (χ1) is 16.8. The van der Waals surface area contributed by atoms with E-state index in [9.17, 15) is 4.79 Å². The van der Waals surface area contributed by atoms with Crippen LogP contribution in [0.4, 0.5) is 10.5 Å². The van der Waals surface area contributed by atoms with Gasteiger partial charge in [-0.2, -0.15) is 0 Å². The van der Waals surface area contributed by atoms with Gasteiger partial charge < -0.3 is 20.9 Å². The van der Waals surface area contributed by atoms with Crippen LogP contribution in [0.5, 0.6) is 0 Å². The van der Waals surface area contributed by atoms with Crippen LogP contribution in [-0.4, -0.2) is 49.7 Å². The summed E-state index contributed by atoms with van der Waals surface area (Å²) in [6, 6.07) is 29.2. The number of nitrogens with zero attached hydrogens (tertiary/aromatic N) is 1. The first kappa shape index (κ1) is 24.0. The van der Waals surface area contributed by atoms with Crippen LogP contribution in [0.3, 0.4) is 0 Å². The normalized spacial score (nSPS) is 15.4. The van der Waals surface area contributed by atoms with Crippen molar-refractivity contribution in [3.63, 3.8) is 0 Å². The quantitative estimate of drug-likeness (QED) is 0.349. The first-order valence-corrected chi connectivity index (χ1v) is 12.5. The summed E-state index contributed by atoms with van der Waals surface area (Å²) in [7, 11) is 0. The van der Waals surface area contributed by atoms with Crippen LogP contribution in [-0.2, 0) is 6.42 Å².